The summed E-state index contributed by atoms with van der Waals surface area (Å²) in [5.41, 5.74) is 3.22. The van der Waals surface area contributed by atoms with Crippen LogP contribution in [0.5, 0.6) is 0 Å². The minimum absolute atomic E-state index is 0.269. The number of aromatic nitrogens is 1. The first-order chi connectivity index (χ1) is 11.5. The van der Waals surface area contributed by atoms with Crippen LogP contribution in [0.15, 0.2) is 64.3 Å². The van der Waals surface area contributed by atoms with Crippen LogP contribution in [0.25, 0.3) is 0 Å². The molecule has 1 aromatic carbocycles. The lowest BCUT2D eigenvalue weighted by Gasteiger charge is -2.09. The first kappa shape index (κ1) is 16.5. The molecule has 3 rings (SSSR count). The van der Waals surface area contributed by atoms with E-state index in [2.05, 4.69) is 40.1 Å². The summed E-state index contributed by atoms with van der Waals surface area (Å²) >= 11 is 1.17. The van der Waals surface area contributed by atoms with Crippen molar-refractivity contribution in [1.29, 1.82) is 0 Å². The summed E-state index contributed by atoms with van der Waals surface area (Å²) in [5, 5.41) is 4.99. The number of anilines is 2. The number of pyridine rings is 1. The van der Waals surface area contributed by atoms with Gasteiger partial charge in [-0.2, -0.15) is 0 Å². The number of rotatable bonds is 6. The molecule has 0 radical (unpaired) electrons. The number of nitrogens with zero attached hydrogens (tertiary/aromatic N) is 1. The van der Waals surface area contributed by atoms with Crippen molar-refractivity contribution in [3.8, 4) is 0 Å². The van der Waals surface area contributed by atoms with Crippen LogP contribution in [0.4, 0.5) is 11.5 Å². The van der Waals surface area contributed by atoms with Gasteiger partial charge in [0.15, 0.2) is 0 Å². The molecule has 2 aromatic heterocycles. The Morgan fingerprint density at radius 1 is 1.12 bits per heavy atom. The van der Waals surface area contributed by atoms with Gasteiger partial charge in [0, 0.05) is 6.54 Å². The third kappa shape index (κ3) is 4.12. The molecular formula is C17H17N3O2S2. The molecule has 0 bridgehead atoms. The molecule has 0 spiro atoms. The van der Waals surface area contributed by atoms with Crippen molar-refractivity contribution < 1.29 is 8.42 Å². The topological polar surface area (TPSA) is 71.1 Å². The Morgan fingerprint density at radius 2 is 2.00 bits per heavy atom. The van der Waals surface area contributed by atoms with Gasteiger partial charge < -0.3 is 5.32 Å². The average Bonchev–Trinajstić information content (AvgIpc) is 3.09. The monoisotopic (exact) mass is 359 g/mol. The number of sulfonamides is 1. The fraction of sp³-hybridized carbons (Fsp3) is 0.118. The number of aryl methyl sites for hydroxylation is 1. The zero-order valence-corrected chi connectivity index (χ0v) is 14.7. The van der Waals surface area contributed by atoms with E-state index >= 15 is 0 Å². The first-order valence-electron chi connectivity index (χ1n) is 7.35. The predicted molar refractivity (Wildman–Crippen MR) is 97.9 cm³/mol. The molecule has 0 amide bonds. The maximum Gasteiger partial charge on any atom is 0.272 e. The molecule has 2 N–H and O–H groups in total. The second-order valence-corrected chi connectivity index (χ2v) is 8.17. The fourth-order valence-electron chi connectivity index (χ4n) is 2.19. The van der Waals surface area contributed by atoms with Gasteiger partial charge in [0.1, 0.15) is 10.0 Å². The molecule has 7 heteroatoms. The molecule has 0 atom stereocenters. The van der Waals surface area contributed by atoms with E-state index in [0.717, 1.165) is 5.69 Å². The largest absolute Gasteiger partial charge is 0.380 e. The molecule has 124 valence electrons. The highest BCUT2D eigenvalue weighted by molar-refractivity contribution is 7.94. The number of benzene rings is 1. The van der Waals surface area contributed by atoms with E-state index in [-0.39, 0.29) is 4.21 Å². The van der Waals surface area contributed by atoms with E-state index in [1.54, 1.807) is 35.8 Å². The van der Waals surface area contributed by atoms with Crippen LogP contribution in [-0.4, -0.2) is 13.4 Å². The van der Waals surface area contributed by atoms with Crippen LogP contribution in [0.2, 0.25) is 0 Å². The van der Waals surface area contributed by atoms with Crippen molar-refractivity contribution in [2.45, 2.75) is 17.7 Å². The summed E-state index contributed by atoms with van der Waals surface area (Å²) in [6, 6.07) is 14.9. The van der Waals surface area contributed by atoms with Gasteiger partial charge in [0.25, 0.3) is 10.0 Å². The van der Waals surface area contributed by atoms with Gasteiger partial charge in [-0.3, -0.25) is 4.72 Å². The Labute approximate surface area is 145 Å². The molecule has 0 aliphatic rings. The van der Waals surface area contributed by atoms with Crippen LogP contribution in [0.3, 0.4) is 0 Å². The number of hydrogen-bond acceptors (Lipinski definition) is 5. The lowest BCUT2D eigenvalue weighted by Crippen LogP contribution is -2.12. The number of thiophene rings is 1. The lowest BCUT2D eigenvalue weighted by atomic mass is 10.1. The van der Waals surface area contributed by atoms with Crippen molar-refractivity contribution in [2.24, 2.45) is 0 Å². The quantitative estimate of drug-likeness (QED) is 0.701. The van der Waals surface area contributed by atoms with Gasteiger partial charge in [-0.15, -0.1) is 11.3 Å². The molecule has 0 aliphatic carbocycles. The van der Waals surface area contributed by atoms with Crippen molar-refractivity contribution >= 4 is 32.9 Å². The normalized spacial score (nSPS) is 11.2. The van der Waals surface area contributed by atoms with Crippen LogP contribution in [-0.2, 0) is 16.6 Å². The highest BCUT2D eigenvalue weighted by atomic mass is 32.2. The van der Waals surface area contributed by atoms with Crippen LogP contribution in [0, 0.1) is 6.92 Å². The second-order valence-electron chi connectivity index (χ2n) is 5.31. The summed E-state index contributed by atoms with van der Waals surface area (Å²) in [5.74, 6) is 0.296. The van der Waals surface area contributed by atoms with Gasteiger partial charge >= 0.3 is 0 Å². The Hall–Kier alpha value is -2.38. The van der Waals surface area contributed by atoms with E-state index < -0.39 is 10.0 Å². The molecule has 0 unspecified atom stereocenters. The zero-order chi connectivity index (χ0) is 17.0. The molecule has 0 saturated carbocycles. The van der Waals surface area contributed by atoms with Gasteiger partial charge in [0.2, 0.25) is 0 Å². The molecule has 3 aromatic rings. The van der Waals surface area contributed by atoms with E-state index in [4.69, 9.17) is 0 Å². The maximum absolute atomic E-state index is 12.1. The van der Waals surface area contributed by atoms with Crippen molar-refractivity contribution in [2.75, 3.05) is 10.0 Å². The van der Waals surface area contributed by atoms with Gasteiger partial charge in [-0.05, 0) is 36.1 Å². The summed E-state index contributed by atoms with van der Waals surface area (Å²) in [7, 11) is -3.56. The lowest BCUT2D eigenvalue weighted by molar-refractivity contribution is 0.603. The Balaban J connectivity index is 1.63. The molecule has 24 heavy (non-hydrogen) atoms. The van der Waals surface area contributed by atoms with E-state index in [1.165, 1.54) is 22.5 Å². The third-order valence-electron chi connectivity index (χ3n) is 3.34. The van der Waals surface area contributed by atoms with Gasteiger partial charge in [-0.1, -0.05) is 35.9 Å². The summed E-state index contributed by atoms with van der Waals surface area (Å²) < 4.78 is 27.0. The Morgan fingerprint density at radius 3 is 2.67 bits per heavy atom. The fourth-order valence-corrected chi connectivity index (χ4v) is 4.19. The smallest absolute Gasteiger partial charge is 0.272 e. The highest BCUT2D eigenvalue weighted by Gasteiger charge is 2.15. The van der Waals surface area contributed by atoms with Gasteiger partial charge in [0.05, 0.1) is 11.9 Å². The maximum atomic E-state index is 12.1. The second kappa shape index (κ2) is 7.02. The van der Waals surface area contributed by atoms with Crippen LogP contribution < -0.4 is 10.0 Å². The first-order valence-corrected chi connectivity index (χ1v) is 9.71. The molecular weight excluding hydrogens is 342 g/mol. The molecule has 2 heterocycles. The summed E-state index contributed by atoms with van der Waals surface area (Å²) in [6.45, 7) is 2.74. The van der Waals surface area contributed by atoms with Crippen molar-refractivity contribution in [1.82, 2.24) is 4.98 Å². The van der Waals surface area contributed by atoms with E-state index in [9.17, 15) is 8.42 Å². The standard InChI is InChI=1S/C17H17N3O2S2/c1-13-4-2-5-14(10-13)11-18-15-7-8-16(19-12-15)20-24(21,22)17-6-3-9-23-17/h2-10,12,18H,11H2,1H3,(H,19,20). The minimum Gasteiger partial charge on any atom is -0.380 e. The third-order valence-corrected chi connectivity index (χ3v) is 6.09. The molecule has 0 aliphatic heterocycles. The Bertz CT molecular complexity index is 905. The summed E-state index contributed by atoms with van der Waals surface area (Å²) in [6.07, 6.45) is 1.61. The van der Waals surface area contributed by atoms with Crippen molar-refractivity contribution in [3.63, 3.8) is 0 Å². The van der Waals surface area contributed by atoms with Crippen LogP contribution in [0.1, 0.15) is 11.1 Å². The molecule has 0 fully saturated rings. The predicted octanol–water partition coefficient (Wildman–Crippen LogP) is 3.86. The average molecular weight is 359 g/mol. The van der Waals surface area contributed by atoms with E-state index in [1.807, 2.05) is 6.07 Å². The van der Waals surface area contributed by atoms with Gasteiger partial charge in [-0.25, -0.2) is 13.4 Å². The minimum atomic E-state index is -3.56. The van der Waals surface area contributed by atoms with Crippen LogP contribution >= 0.6 is 11.3 Å². The number of nitrogens with one attached hydrogen (secondary N) is 2. The van der Waals surface area contributed by atoms with Crippen molar-refractivity contribution in [3.05, 3.63) is 71.2 Å². The highest BCUT2D eigenvalue weighted by Crippen LogP contribution is 2.20. The zero-order valence-electron chi connectivity index (χ0n) is 13.1. The Kier molecular flexibility index (Phi) is 4.82. The summed E-state index contributed by atoms with van der Waals surface area (Å²) in [4.78, 5) is 4.16. The SMILES string of the molecule is Cc1cccc(CNc2ccc(NS(=O)(=O)c3cccs3)nc2)c1. The van der Waals surface area contributed by atoms with E-state index in [0.29, 0.717) is 12.4 Å². The number of hydrogen-bond donors (Lipinski definition) is 2. The molecule has 5 nitrogen and oxygen atoms in total. The molecule has 0 saturated heterocycles.